The molecule has 0 aliphatic rings. The van der Waals surface area contributed by atoms with E-state index < -0.39 is 17.7 Å². The van der Waals surface area contributed by atoms with E-state index in [1.807, 2.05) is 26.0 Å². The maximum Gasteiger partial charge on any atom is 0.243 e. The summed E-state index contributed by atoms with van der Waals surface area (Å²) >= 11 is 0. The molecule has 5 nitrogen and oxygen atoms in total. The van der Waals surface area contributed by atoms with Crippen molar-refractivity contribution in [3.8, 4) is 0 Å². The highest BCUT2D eigenvalue weighted by Crippen LogP contribution is 2.25. The van der Waals surface area contributed by atoms with Crippen LogP contribution in [-0.4, -0.2) is 20.4 Å². The van der Waals surface area contributed by atoms with Crippen LogP contribution in [0.15, 0.2) is 42.9 Å². The Morgan fingerprint density at radius 3 is 2.64 bits per heavy atom. The molecule has 2 heterocycles. The highest BCUT2D eigenvalue weighted by molar-refractivity contribution is 5.84. The van der Waals surface area contributed by atoms with Gasteiger partial charge in [0.2, 0.25) is 5.91 Å². The first kappa shape index (κ1) is 17.0. The first-order valence-electron chi connectivity index (χ1n) is 7.96. The third-order valence-electron chi connectivity index (χ3n) is 3.99. The molecule has 1 N–H and O–H groups in total. The zero-order chi connectivity index (χ0) is 18.0. The van der Waals surface area contributed by atoms with Gasteiger partial charge in [0.25, 0.3) is 0 Å². The van der Waals surface area contributed by atoms with Crippen LogP contribution in [0, 0.1) is 17.6 Å². The van der Waals surface area contributed by atoms with Gasteiger partial charge in [0.15, 0.2) is 11.6 Å². The van der Waals surface area contributed by atoms with Gasteiger partial charge in [0.05, 0.1) is 29.6 Å². The van der Waals surface area contributed by atoms with Crippen molar-refractivity contribution in [2.45, 2.75) is 26.4 Å². The Kier molecular flexibility index (Phi) is 4.74. The summed E-state index contributed by atoms with van der Waals surface area (Å²) in [5, 5.41) is 2.84. The minimum absolute atomic E-state index is 0.0748. The van der Waals surface area contributed by atoms with Crippen LogP contribution < -0.4 is 5.32 Å². The fraction of sp³-hybridized carbons (Fsp3) is 0.278. The Morgan fingerprint density at radius 1 is 1.20 bits per heavy atom. The van der Waals surface area contributed by atoms with Crippen molar-refractivity contribution >= 4 is 16.9 Å². The maximum absolute atomic E-state index is 13.6. The Balaban J connectivity index is 1.88. The first-order valence-corrected chi connectivity index (χ1v) is 7.96. The summed E-state index contributed by atoms with van der Waals surface area (Å²) in [6.07, 6.45) is 3.09. The molecule has 0 saturated heterocycles. The van der Waals surface area contributed by atoms with E-state index in [-0.39, 0.29) is 11.8 Å². The number of nitrogens with zero attached hydrogens (tertiary/aromatic N) is 3. The second-order valence-corrected chi connectivity index (χ2v) is 6.13. The molecule has 0 radical (unpaired) electrons. The second-order valence-electron chi connectivity index (χ2n) is 6.13. The number of imidazole rings is 1. The summed E-state index contributed by atoms with van der Waals surface area (Å²) in [6.45, 7) is 4.06. The monoisotopic (exact) mass is 344 g/mol. The molecule has 0 saturated carbocycles. The van der Waals surface area contributed by atoms with Crippen molar-refractivity contribution < 1.29 is 13.6 Å². The van der Waals surface area contributed by atoms with Gasteiger partial charge in [0.1, 0.15) is 6.04 Å². The molecule has 0 unspecified atom stereocenters. The van der Waals surface area contributed by atoms with E-state index in [9.17, 15) is 13.6 Å². The Morgan fingerprint density at radius 2 is 1.96 bits per heavy atom. The molecule has 1 aromatic carbocycles. The van der Waals surface area contributed by atoms with Gasteiger partial charge in [0, 0.05) is 18.3 Å². The van der Waals surface area contributed by atoms with Crippen LogP contribution in [0.1, 0.15) is 25.6 Å². The summed E-state index contributed by atoms with van der Waals surface area (Å²) in [7, 11) is 0. The average Bonchev–Trinajstić information content (AvgIpc) is 2.97. The highest BCUT2D eigenvalue weighted by atomic mass is 19.2. The first-order chi connectivity index (χ1) is 12.0. The van der Waals surface area contributed by atoms with E-state index in [2.05, 4.69) is 15.3 Å². The summed E-state index contributed by atoms with van der Waals surface area (Å²) in [5.41, 5.74) is 1.43. The number of benzene rings is 1. The average molecular weight is 344 g/mol. The number of rotatable bonds is 5. The molecule has 1 atom stereocenters. The minimum Gasteiger partial charge on any atom is -0.349 e. The quantitative estimate of drug-likeness (QED) is 0.773. The van der Waals surface area contributed by atoms with Crippen LogP contribution in [0.25, 0.3) is 11.0 Å². The molecule has 0 spiro atoms. The molecule has 2 aromatic heterocycles. The summed E-state index contributed by atoms with van der Waals surface area (Å²) in [6, 6.07) is 6.96. The lowest BCUT2D eigenvalue weighted by Gasteiger charge is -2.22. The lowest BCUT2D eigenvalue weighted by molar-refractivity contribution is -0.125. The van der Waals surface area contributed by atoms with Crippen molar-refractivity contribution in [1.82, 2.24) is 19.9 Å². The molecule has 0 bridgehead atoms. The number of hydrogen-bond donors (Lipinski definition) is 1. The van der Waals surface area contributed by atoms with Crippen LogP contribution in [0.4, 0.5) is 8.78 Å². The zero-order valence-electron chi connectivity index (χ0n) is 13.9. The van der Waals surface area contributed by atoms with Gasteiger partial charge in [-0.2, -0.15) is 0 Å². The Labute approximate surface area is 143 Å². The highest BCUT2D eigenvalue weighted by Gasteiger charge is 2.26. The summed E-state index contributed by atoms with van der Waals surface area (Å²) in [4.78, 5) is 20.9. The molecule has 1 amide bonds. The molecule has 3 rings (SSSR count). The van der Waals surface area contributed by atoms with Gasteiger partial charge in [-0.25, -0.2) is 13.8 Å². The van der Waals surface area contributed by atoms with Crippen molar-refractivity contribution in [3.05, 3.63) is 60.2 Å². The van der Waals surface area contributed by atoms with Crippen LogP contribution >= 0.6 is 0 Å². The van der Waals surface area contributed by atoms with Gasteiger partial charge >= 0.3 is 0 Å². The number of pyridine rings is 1. The molecule has 0 fully saturated rings. The predicted octanol–water partition coefficient (Wildman–Crippen LogP) is 3.22. The topological polar surface area (TPSA) is 59.8 Å². The molecule has 0 aliphatic carbocycles. The Bertz CT molecular complexity index is 893. The van der Waals surface area contributed by atoms with Crippen LogP contribution in [0.2, 0.25) is 0 Å². The van der Waals surface area contributed by atoms with Crippen LogP contribution in [0.5, 0.6) is 0 Å². The molecule has 130 valence electrons. The van der Waals surface area contributed by atoms with Crippen molar-refractivity contribution in [2.75, 3.05) is 0 Å². The molecule has 3 aromatic rings. The number of hydrogen-bond acceptors (Lipinski definition) is 3. The fourth-order valence-electron chi connectivity index (χ4n) is 2.78. The van der Waals surface area contributed by atoms with E-state index >= 15 is 0 Å². The standard InChI is InChI=1S/C18H18F2N4O/c1-11(2)17(18(25)22-9-12-5-3-4-6-21-12)24-10-23-15-7-13(19)14(20)8-16(15)24/h3-8,10-11,17H,9H2,1-2H3,(H,22,25)/t17-/m0/s1. The van der Waals surface area contributed by atoms with E-state index in [0.29, 0.717) is 17.6 Å². The number of fused-ring (bicyclic) bond motifs is 1. The predicted molar refractivity (Wildman–Crippen MR) is 89.6 cm³/mol. The van der Waals surface area contributed by atoms with Crippen LogP contribution in [-0.2, 0) is 11.3 Å². The normalized spacial score (nSPS) is 12.5. The van der Waals surface area contributed by atoms with Gasteiger partial charge < -0.3 is 9.88 Å². The second kappa shape index (κ2) is 6.96. The molecule has 0 aliphatic heterocycles. The smallest absolute Gasteiger partial charge is 0.243 e. The molecule has 7 heteroatoms. The van der Waals surface area contributed by atoms with Gasteiger partial charge in [-0.05, 0) is 18.1 Å². The lowest BCUT2D eigenvalue weighted by Crippen LogP contribution is -2.35. The van der Waals surface area contributed by atoms with Crippen LogP contribution in [0.3, 0.4) is 0 Å². The third-order valence-corrected chi connectivity index (χ3v) is 3.99. The van der Waals surface area contributed by atoms with E-state index in [4.69, 9.17) is 0 Å². The Hall–Kier alpha value is -2.83. The number of halogens is 2. The SMILES string of the molecule is CC(C)[C@@H](C(=O)NCc1ccccn1)n1cnc2cc(F)c(F)cc21. The van der Waals surface area contributed by atoms with Gasteiger partial charge in [-0.15, -0.1) is 0 Å². The molecular weight excluding hydrogens is 326 g/mol. The summed E-state index contributed by atoms with van der Waals surface area (Å²) in [5.74, 6) is -2.23. The molecular formula is C18H18F2N4O. The maximum atomic E-state index is 13.6. The zero-order valence-corrected chi connectivity index (χ0v) is 13.9. The third kappa shape index (κ3) is 3.50. The molecule has 25 heavy (non-hydrogen) atoms. The number of carbonyl (C=O) groups excluding carboxylic acids is 1. The fourth-order valence-corrected chi connectivity index (χ4v) is 2.78. The minimum atomic E-state index is -0.967. The van der Waals surface area contributed by atoms with Crippen molar-refractivity contribution in [3.63, 3.8) is 0 Å². The van der Waals surface area contributed by atoms with E-state index in [1.165, 1.54) is 6.33 Å². The van der Waals surface area contributed by atoms with Crippen molar-refractivity contribution in [2.24, 2.45) is 5.92 Å². The largest absolute Gasteiger partial charge is 0.349 e. The number of nitrogens with one attached hydrogen (secondary N) is 1. The van der Waals surface area contributed by atoms with Gasteiger partial charge in [-0.3, -0.25) is 9.78 Å². The van der Waals surface area contributed by atoms with Gasteiger partial charge in [-0.1, -0.05) is 19.9 Å². The number of carbonyl (C=O) groups is 1. The van der Waals surface area contributed by atoms with E-state index in [1.54, 1.807) is 16.8 Å². The lowest BCUT2D eigenvalue weighted by atomic mass is 10.0. The van der Waals surface area contributed by atoms with E-state index in [0.717, 1.165) is 17.8 Å². The number of aromatic nitrogens is 3. The number of amides is 1. The van der Waals surface area contributed by atoms with Crippen molar-refractivity contribution in [1.29, 1.82) is 0 Å². The summed E-state index contributed by atoms with van der Waals surface area (Å²) < 4.78 is 28.6.